The van der Waals surface area contributed by atoms with Crippen LogP contribution in [-0.2, 0) is 36.4 Å². The molecule has 2 aromatic heterocycles. The van der Waals surface area contributed by atoms with Crippen molar-refractivity contribution in [1.82, 2.24) is 15.0 Å². The van der Waals surface area contributed by atoms with Gasteiger partial charge in [-0.3, -0.25) is 8.87 Å². The Balaban J connectivity index is 1.88. The van der Waals surface area contributed by atoms with Crippen LogP contribution in [0.5, 0.6) is 0 Å². The van der Waals surface area contributed by atoms with E-state index >= 15 is 0 Å². The van der Waals surface area contributed by atoms with Crippen molar-refractivity contribution in [1.29, 1.82) is 0 Å². The number of nitrogens with zero attached hydrogens (tertiary/aromatic N) is 4. The molecule has 11 nitrogen and oxygen atoms in total. The summed E-state index contributed by atoms with van der Waals surface area (Å²) >= 11 is 0. The second-order valence-corrected chi connectivity index (χ2v) is 13.4. The Kier molecular flexibility index (Phi) is 10.0. The van der Waals surface area contributed by atoms with Gasteiger partial charge >= 0.3 is 13.8 Å². The Hall–Kier alpha value is -3.26. The molecule has 0 atom stereocenters. The molecular weight excluding hydrogens is 584 g/mol. The molecule has 2 N–H and O–H groups in total. The van der Waals surface area contributed by atoms with Gasteiger partial charge in [-0.1, -0.05) is 6.07 Å². The SMILES string of the molecule is CC(C)OP(=O)(OC(C)C)c1ccc(Nc2ncc(C(F)(F)F)c(NCc3cccnc3N(C)S(C)(=O)=O)n2)cc1. The van der Waals surface area contributed by atoms with Crippen molar-refractivity contribution in [3.8, 4) is 0 Å². The zero-order valence-corrected chi connectivity index (χ0v) is 25.0. The monoisotopic (exact) mass is 616 g/mol. The average Bonchev–Trinajstić information content (AvgIpc) is 2.85. The maximum absolute atomic E-state index is 13.7. The second kappa shape index (κ2) is 12.7. The molecule has 0 saturated carbocycles. The molecule has 0 aliphatic heterocycles. The van der Waals surface area contributed by atoms with Gasteiger partial charge in [-0.25, -0.2) is 18.4 Å². The minimum Gasteiger partial charge on any atom is -0.365 e. The van der Waals surface area contributed by atoms with Crippen molar-refractivity contribution < 1.29 is 35.2 Å². The molecule has 0 spiro atoms. The van der Waals surface area contributed by atoms with Gasteiger partial charge in [0.05, 0.1) is 23.8 Å². The number of nitrogens with one attached hydrogen (secondary N) is 2. The molecule has 16 heteroatoms. The zero-order chi connectivity index (χ0) is 30.6. The van der Waals surface area contributed by atoms with Crippen LogP contribution >= 0.6 is 7.60 Å². The number of pyridine rings is 1. The summed E-state index contributed by atoms with van der Waals surface area (Å²) in [6.07, 6.45) is -2.49. The van der Waals surface area contributed by atoms with Gasteiger partial charge < -0.3 is 19.7 Å². The second-order valence-electron chi connectivity index (χ2n) is 9.50. The standard InChI is InChI=1S/C25H32F3N6O5PS/c1-16(2)38-40(35,39-17(3)4)20-11-9-19(10-12-20)32-24-31-15-21(25(26,27)28)22(33-24)30-14-18-8-7-13-29-23(18)34(5)41(6,36)37/h7-13,15-17H,14H2,1-6H3,(H2,30,31,32,33). The van der Waals surface area contributed by atoms with E-state index in [-0.39, 0.29) is 30.5 Å². The van der Waals surface area contributed by atoms with E-state index in [1.54, 1.807) is 39.8 Å². The fourth-order valence-electron chi connectivity index (χ4n) is 3.53. The number of sulfonamides is 1. The summed E-state index contributed by atoms with van der Waals surface area (Å²) in [6, 6.07) is 9.23. The van der Waals surface area contributed by atoms with E-state index in [4.69, 9.17) is 9.05 Å². The Labute approximate surface area is 237 Å². The number of hydrogen-bond donors (Lipinski definition) is 2. The van der Waals surface area contributed by atoms with E-state index in [9.17, 15) is 26.2 Å². The molecule has 0 bridgehead atoms. The minimum atomic E-state index is -4.77. The van der Waals surface area contributed by atoms with Gasteiger partial charge in [-0.2, -0.15) is 18.2 Å². The molecule has 0 unspecified atom stereocenters. The first-order valence-electron chi connectivity index (χ1n) is 12.4. The summed E-state index contributed by atoms with van der Waals surface area (Å²) in [7, 11) is -5.99. The van der Waals surface area contributed by atoms with Crippen LogP contribution in [0.2, 0.25) is 0 Å². The molecular formula is C25H32F3N6O5PS. The van der Waals surface area contributed by atoms with E-state index < -0.39 is 35.2 Å². The van der Waals surface area contributed by atoms with E-state index in [0.717, 1.165) is 10.6 Å². The minimum absolute atomic E-state index is 0.0590. The molecule has 0 aliphatic carbocycles. The van der Waals surface area contributed by atoms with Crippen LogP contribution in [0.25, 0.3) is 0 Å². The number of hydrogen-bond acceptors (Lipinski definition) is 10. The smallest absolute Gasteiger partial charge is 0.365 e. The average molecular weight is 617 g/mol. The first kappa shape index (κ1) is 32.3. The highest BCUT2D eigenvalue weighted by Gasteiger charge is 2.35. The van der Waals surface area contributed by atoms with Crippen LogP contribution in [0.4, 0.5) is 36.4 Å². The first-order chi connectivity index (χ1) is 19.0. The number of benzene rings is 1. The van der Waals surface area contributed by atoms with E-state index in [0.29, 0.717) is 22.8 Å². The lowest BCUT2D eigenvalue weighted by molar-refractivity contribution is -0.137. The van der Waals surface area contributed by atoms with Gasteiger partial charge in [0.25, 0.3) is 0 Å². The molecule has 3 aromatic rings. The molecule has 2 heterocycles. The Morgan fingerprint density at radius 1 is 1.02 bits per heavy atom. The van der Waals surface area contributed by atoms with Gasteiger partial charge in [-0.05, 0) is 58.0 Å². The maximum Gasteiger partial charge on any atom is 0.421 e. The van der Waals surface area contributed by atoms with E-state index in [1.807, 2.05) is 0 Å². The first-order valence-corrected chi connectivity index (χ1v) is 15.8. The lowest BCUT2D eigenvalue weighted by atomic mass is 10.2. The number of rotatable bonds is 12. The third kappa shape index (κ3) is 8.62. The largest absolute Gasteiger partial charge is 0.421 e. The van der Waals surface area contributed by atoms with Crippen LogP contribution in [0, 0.1) is 0 Å². The predicted octanol–water partition coefficient (Wildman–Crippen LogP) is 5.31. The van der Waals surface area contributed by atoms with Gasteiger partial charge in [-0.15, -0.1) is 0 Å². The Bertz CT molecular complexity index is 1490. The summed E-state index contributed by atoms with van der Waals surface area (Å²) in [5.74, 6) is -0.611. The van der Waals surface area contributed by atoms with E-state index in [2.05, 4.69) is 25.6 Å². The highest BCUT2D eigenvalue weighted by Crippen LogP contribution is 2.49. The van der Waals surface area contributed by atoms with Gasteiger partial charge in [0, 0.05) is 37.2 Å². The van der Waals surface area contributed by atoms with Crippen LogP contribution in [-0.4, -0.2) is 48.9 Å². The van der Waals surface area contributed by atoms with Crippen molar-refractivity contribution in [3.63, 3.8) is 0 Å². The number of aromatic nitrogens is 3. The van der Waals surface area contributed by atoms with Gasteiger partial charge in [0.15, 0.2) is 0 Å². The molecule has 0 fully saturated rings. The lowest BCUT2D eigenvalue weighted by Gasteiger charge is -2.23. The van der Waals surface area contributed by atoms with Crippen LogP contribution in [0.1, 0.15) is 38.8 Å². The van der Waals surface area contributed by atoms with Gasteiger partial charge in [0.2, 0.25) is 16.0 Å². The molecule has 0 radical (unpaired) electrons. The highest BCUT2D eigenvalue weighted by molar-refractivity contribution is 7.92. The van der Waals surface area contributed by atoms with Crippen LogP contribution < -0.4 is 20.2 Å². The topological polar surface area (TPSA) is 136 Å². The van der Waals surface area contributed by atoms with Crippen molar-refractivity contribution >= 4 is 46.2 Å². The molecule has 0 aliphatic rings. The van der Waals surface area contributed by atoms with Crippen molar-refractivity contribution in [3.05, 3.63) is 59.9 Å². The van der Waals surface area contributed by atoms with Crippen molar-refractivity contribution in [2.24, 2.45) is 0 Å². The summed E-state index contributed by atoms with van der Waals surface area (Å²) in [4.78, 5) is 11.9. The fraction of sp³-hybridized carbons (Fsp3) is 0.400. The number of alkyl halides is 3. The molecule has 1 aromatic carbocycles. The van der Waals surface area contributed by atoms with Gasteiger partial charge in [0.1, 0.15) is 17.2 Å². The summed E-state index contributed by atoms with van der Waals surface area (Å²) < 4.78 is 90.7. The van der Waals surface area contributed by atoms with E-state index in [1.165, 1.54) is 37.5 Å². The predicted molar refractivity (Wildman–Crippen MR) is 151 cm³/mol. The quantitative estimate of drug-likeness (QED) is 0.258. The zero-order valence-electron chi connectivity index (χ0n) is 23.3. The molecule has 41 heavy (non-hydrogen) atoms. The summed E-state index contributed by atoms with van der Waals surface area (Å²) in [5, 5.41) is 5.77. The number of halogens is 3. The molecule has 3 rings (SSSR count). The van der Waals surface area contributed by atoms with Crippen LogP contribution in [0.15, 0.2) is 48.8 Å². The fourth-order valence-corrected chi connectivity index (χ4v) is 5.93. The Morgan fingerprint density at radius 2 is 1.63 bits per heavy atom. The maximum atomic E-state index is 13.7. The highest BCUT2D eigenvalue weighted by atomic mass is 32.2. The van der Waals surface area contributed by atoms with Crippen molar-refractivity contribution in [2.75, 3.05) is 28.2 Å². The summed E-state index contributed by atoms with van der Waals surface area (Å²) in [5.41, 5.74) is -0.378. The Morgan fingerprint density at radius 3 is 2.17 bits per heavy atom. The molecule has 224 valence electrons. The third-order valence-corrected chi connectivity index (χ3v) is 8.84. The normalized spacial score (nSPS) is 12.6. The lowest BCUT2D eigenvalue weighted by Crippen LogP contribution is -2.27. The molecule has 0 saturated heterocycles. The van der Waals surface area contributed by atoms with Crippen molar-refractivity contribution in [2.45, 2.75) is 52.6 Å². The third-order valence-electron chi connectivity index (χ3n) is 5.34. The molecule has 0 amide bonds. The van der Waals surface area contributed by atoms with Crippen LogP contribution in [0.3, 0.4) is 0 Å². The summed E-state index contributed by atoms with van der Waals surface area (Å²) in [6.45, 7) is 6.73. The number of anilines is 4.